The van der Waals surface area contributed by atoms with Crippen molar-refractivity contribution in [1.29, 1.82) is 0 Å². The third-order valence-corrected chi connectivity index (χ3v) is 6.92. The lowest BCUT2D eigenvalue weighted by molar-refractivity contribution is -0.140. The Morgan fingerprint density at radius 2 is 1.53 bits per heavy atom. The molecule has 4 rings (SSSR count). The van der Waals surface area contributed by atoms with Gasteiger partial charge in [-0.1, -0.05) is 40.9 Å². The minimum atomic E-state index is -0.00799. The Balaban J connectivity index is 1.28. The Hall–Kier alpha value is -2.01. The fraction of sp³-hybridized carbons (Fsp3) is 0.304. The smallest absolute Gasteiger partial charge is 0.253 e. The van der Waals surface area contributed by atoms with Gasteiger partial charge in [-0.05, 0) is 60.9 Å². The lowest BCUT2D eigenvalue weighted by Crippen LogP contribution is -2.62. The van der Waals surface area contributed by atoms with Gasteiger partial charge < -0.3 is 9.80 Å². The number of hydrogen-bond donors (Lipinski definition) is 0. The molecule has 1 spiro atoms. The second kappa shape index (κ2) is 8.62. The topological polar surface area (TPSA) is 40.6 Å². The first-order valence-corrected chi connectivity index (χ1v) is 11.0. The van der Waals surface area contributed by atoms with E-state index in [1.54, 1.807) is 48.6 Å². The molecule has 2 aliphatic rings. The fourth-order valence-electron chi connectivity index (χ4n) is 4.08. The van der Waals surface area contributed by atoms with Gasteiger partial charge in [-0.15, -0.1) is 0 Å². The van der Waals surface area contributed by atoms with Crippen LogP contribution < -0.4 is 0 Å². The molecule has 0 aromatic heterocycles. The molecular formula is C23H21Cl3N2O2. The van der Waals surface area contributed by atoms with E-state index < -0.39 is 0 Å². The van der Waals surface area contributed by atoms with Gasteiger partial charge in [0.05, 0.1) is 10.0 Å². The molecule has 2 aromatic carbocycles. The summed E-state index contributed by atoms with van der Waals surface area (Å²) in [6, 6.07) is 12.3. The molecule has 0 radical (unpaired) electrons. The number of nitrogens with zero attached hydrogens (tertiary/aromatic N) is 2. The molecule has 0 bridgehead atoms. The van der Waals surface area contributed by atoms with E-state index in [-0.39, 0.29) is 17.2 Å². The standard InChI is InChI=1S/C23H21Cl3N2O2/c24-18-5-3-17(4-6-18)22(30)27-11-9-23(10-12-27)14-28(15-23)21(29)8-2-16-1-7-19(25)20(26)13-16/h1-8,13H,9-12,14-15H2/b8-2+. The molecule has 2 aromatic rings. The Morgan fingerprint density at radius 3 is 2.17 bits per heavy atom. The third-order valence-electron chi connectivity index (χ3n) is 5.93. The summed E-state index contributed by atoms with van der Waals surface area (Å²) in [7, 11) is 0. The van der Waals surface area contributed by atoms with Crippen LogP contribution in [0, 0.1) is 5.41 Å². The maximum atomic E-state index is 12.7. The van der Waals surface area contributed by atoms with Crippen LogP contribution in [0.5, 0.6) is 0 Å². The van der Waals surface area contributed by atoms with Crippen LogP contribution in [0.4, 0.5) is 0 Å². The predicted octanol–water partition coefficient (Wildman–Crippen LogP) is 5.42. The maximum absolute atomic E-state index is 12.7. The van der Waals surface area contributed by atoms with E-state index in [1.165, 1.54) is 0 Å². The van der Waals surface area contributed by atoms with Crippen molar-refractivity contribution in [2.75, 3.05) is 26.2 Å². The van der Waals surface area contributed by atoms with E-state index in [0.717, 1.165) is 31.5 Å². The summed E-state index contributed by atoms with van der Waals surface area (Å²) in [6.45, 7) is 2.90. The van der Waals surface area contributed by atoms with Crippen LogP contribution in [0.3, 0.4) is 0 Å². The summed E-state index contributed by atoms with van der Waals surface area (Å²) in [6.07, 6.45) is 5.15. The minimum absolute atomic E-state index is 0.00799. The molecule has 2 heterocycles. The van der Waals surface area contributed by atoms with Crippen molar-refractivity contribution in [2.45, 2.75) is 12.8 Å². The van der Waals surface area contributed by atoms with Crippen molar-refractivity contribution in [3.8, 4) is 0 Å². The molecule has 0 atom stereocenters. The van der Waals surface area contributed by atoms with E-state index in [0.29, 0.717) is 33.7 Å². The molecule has 4 nitrogen and oxygen atoms in total. The maximum Gasteiger partial charge on any atom is 0.253 e. The van der Waals surface area contributed by atoms with Crippen molar-refractivity contribution in [3.63, 3.8) is 0 Å². The number of carbonyl (C=O) groups excluding carboxylic acids is 2. The van der Waals surface area contributed by atoms with Gasteiger partial charge in [0.1, 0.15) is 0 Å². The number of rotatable bonds is 3. The normalized spacial score (nSPS) is 18.0. The van der Waals surface area contributed by atoms with Gasteiger partial charge in [0.15, 0.2) is 0 Å². The number of piperidine rings is 1. The Bertz CT molecular complexity index is 988. The number of benzene rings is 2. The largest absolute Gasteiger partial charge is 0.339 e. The van der Waals surface area contributed by atoms with Crippen molar-refractivity contribution in [1.82, 2.24) is 9.80 Å². The third kappa shape index (κ3) is 4.51. The molecular weight excluding hydrogens is 443 g/mol. The van der Waals surface area contributed by atoms with Gasteiger partial charge in [0.25, 0.3) is 5.91 Å². The Labute approximate surface area is 191 Å². The predicted molar refractivity (Wildman–Crippen MR) is 121 cm³/mol. The van der Waals surface area contributed by atoms with Gasteiger partial charge in [-0.2, -0.15) is 0 Å². The van der Waals surface area contributed by atoms with Crippen LogP contribution >= 0.6 is 34.8 Å². The average Bonchev–Trinajstić information content (AvgIpc) is 2.73. The zero-order valence-corrected chi connectivity index (χ0v) is 18.6. The summed E-state index contributed by atoms with van der Waals surface area (Å²) < 4.78 is 0. The number of hydrogen-bond acceptors (Lipinski definition) is 2. The summed E-state index contributed by atoms with van der Waals surface area (Å²) in [4.78, 5) is 28.9. The van der Waals surface area contributed by atoms with Crippen LogP contribution in [0.1, 0.15) is 28.8 Å². The quantitative estimate of drug-likeness (QED) is 0.570. The first kappa shape index (κ1) is 21.2. The second-order valence-electron chi connectivity index (χ2n) is 8.00. The Kier molecular flexibility index (Phi) is 6.10. The molecule has 0 N–H and O–H groups in total. The van der Waals surface area contributed by atoms with E-state index in [1.807, 2.05) is 15.9 Å². The van der Waals surface area contributed by atoms with Crippen molar-refractivity contribution in [3.05, 3.63) is 74.7 Å². The molecule has 2 aliphatic heterocycles. The van der Waals surface area contributed by atoms with E-state index in [2.05, 4.69) is 0 Å². The minimum Gasteiger partial charge on any atom is -0.339 e. The SMILES string of the molecule is O=C(/C=C/c1ccc(Cl)c(Cl)c1)N1CC2(CCN(C(=O)c3ccc(Cl)cc3)CC2)C1. The highest BCUT2D eigenvalue weighted by Crippen LogP contribution is 2.40. The second-order valence-corrected chi connectivity index (χ2v) is 9.25. The van der Waals surface area contributed by atoms with E-state index in [9.17, 15) is 9.59 Å². The first-order chi connectivity index (χ1) is 14.3. The van der Waals surface area contributed by atoms with Crippen molar-refractivity contribution in [2.24, 2.45) is 5.41 Å². The highest BCUT2D eigenvalue weighted by Gasteiger charge is 2.46. The van der Waals surface area contributed by atoms with Crippen LogP contribution in [0.15, 0.2) is 48.5 Å². The lowest BCUT2D eigenvalue weighted by Gasteiger charge is -2.53. The molecule has 2 amide bonds. The lowest BCUT2D eigenvalue weighted by atomic mass is 9.72. The summed E-state index contributed by atoms with van der Waals surface area (Å²) in [5.74, 6) is 0.0321. The number of amides is 2. The van der Waals surface area contributed by atoms with Crippen molar-refractivity contribution < 1.29 is 9.59 Å². The van der Waals surface area contributed by atoms with E-state index >= 15 is 0 Å². The van der Waals surface area contributed by atoms with Crippen LogP contribution in [-0.4, -0.2) is 47.8 Å². The molecule has 30 heavy (non-hydrogen) atoms. The summed E-state index contributed by atoms with van der Waals surface area (Å²) >= 11 is 17.8. The number of halogens is 3. The molecule has 2 saturated heterocycles. The molecule has 156 valence electrons. The average molecular weight is 464 g/mol. The molecule has 2 fully saturated rings. The molecule has 0 aliphatic carbocycles. The fourth-order valence-corrected chi connectivity index (χ4v) is 4.52. The van der Waals surface area contributed by atoms with Gasteiger partial charge in [-0.3, -0.25) is 9.59 Å². The zero-order chi connectivity index (χ0) is 21.3. The Morgan fingerprint density at radius 1 is 0.867 bits per heavy atom. The first-order valence-electron chi connectivity index (χ1n) is 9.82. The van der Waals surface area contributed by atoms with Crippen molar-refractivity contribution >= 4 is 52.7 Å². The monoisotopic (exact) mass is 462 g/mol. The molecule has 0 unspecified atom stereocenters. The zero-order valence-electron chi connectivity index (χ0n) is 16.3. The van der Waals surface area contributed by atoms with Gasteiger partial charge in [0, 0.05) is 48.3 Å². The van der Waals surface area contributed by atoms with Crippen LogP contribution in [-0.2, 0) is 4.79 Å². The molecule has 0 saturated carbocycles. The summed E-state index contributed by atoms with van der Waals surface area (Å²) in [5, 5.41) is 1.58. The molecule has 7 heteroatoms. The number of carbonyl (C=O) groups is 2. The number of likely N-dealkylation sites (tertiary alicyclic amines) is 2. The van der Waals surface area contributed by atoms with Gasteiger partial charge in [0.2, 0.25) is 5.91 Å². The van der Waals surface area contributed by atoms with Crippen LogP contribution in [0.25, 0.3) is 6.08 Å². The highest BCUT2D eigenvalue weighted by atomic mass is 35.5. The summed E-state index contributed by atoms with van der Waals surface area (Å²) in [5.41, 5.74) is 1.62. The van der Waals surface area contributed by atoms with Crippen LogP contribution in [0.2, 0.25) is 15.1 Å². The van der Waals surface area contributed by atoms with Gasteiger partial charge >= 0.3 is 0 Å². The highest BCUT2D eigenvalue weighted by molar-refractivity contribution is 6.42. The van der Waals surface area contributed by atoms with Gasteiger partial charge in [-0.25, -0.2) is 0 Å². The van der Waals surface area contributed by atoms with E-state index in [4.69, 9.17) is 34.8 Å².